The Hall–Kier alpha value is -1.95. The van der Waals surface area contributed by atoms with E-state index in [0.717, 1.165) is 48.9 Å². The third-order valence-corrected chi connectivity index (χ3v) is 4.77. The highest BCUT2D eigenvalue weighted by atomic mass is 35.5. The molecule has 0 amide bonds. The zero-order valence-electron chi connectivity index (χ0n) is 13.4. The summed E-state index contributed by atoms with van der Waals surface area (Å²) in [6.45, 7) is 5.14. The molecule has 2 aromatic rings. The molecule has 0 radical (unpaired) electrons. The Labute approximate surface area is 146 Å². The molecule has 5 nitrogen and oxygen atoms in total. The number of halogens is 1. The number of nitro benzene ring substituents is 1. The number of hydrogen-bond acceptors (Lipinski definition) is 4. The van der Waals surface area contributed by atoms with Crippen LogP contribution in [-0.2, 0) is 13.1 Å². The molecule has 0 unspecified atom stereocenters. The predicted octanol–water partition coefficient (Wildman–Crippen LogP) is 3.57. The fourth-order valence-corrected chi connectivity index (χ4v) is 3.23. The van der Waals surface area contributed by atoms with Gasteiger partial charge in [0.15, 0.2) is 0 Å². The number of piperazine rings is 1. The van der Waals surface area contributed by atoms with Gasteiger partial charge in [-0.1, -0.05) is 48.0 Å². The average molecular weight is 346 g/mol. The van der Waals surface area contributed by atoms with Crippen LogP contribution in [0.15, 0.2) is 48.5 Å². The van der Waals surface area contributed by atoms with Crippen molar-refractivity contribution in [3.8, 4) is 0 Å². The molecule has 0 bridgehead atoms. The largest absolute Gasteiger partial charge is 0.296 e. The first-order chi connectivity index (χ1) is 11.6. The molecule has 6 heteroatoms. The van der Waals surface area contributed by atoms with Crippen LogP contribution in [0.3, 0.4) is 0 Å². The van der Waals surface area contributed by atoms with Crippen LogP contribution >= 0.6 is 11.6 Å². The van der Waals surface area contributed by atoms with Crippen LogP contribution in [-0.4, -0.2) is 40.9 Å². The normalized spacial score (nSPS) is 16.2. The van der Waals surface area contributed by atoms with Gasteiger partial charge in [0, 0.05) is 55.9 Å². The van der Waals surface area contributed by atoms with Gasteiger partial charge in [-0.3, -0.25) is 19.9 Å². The highest BCUT2D eigenvalue weighted by molar-refractivity contribution is 6.31. The lowest BCUT2D eigenvalue weighted by Crippen LogP contribution is -2.45. The third kappa shape index (κ3) is 4.12. The van der Waals surface area contributed by atoms with Crippen molar-refractivity contribution in [2.75, 3.05) is 26.2 Å². The maximum Gasteiger partial charge on any atom is 0.273 e. The van der Waals surface area contributed by atoms with Gasteiger partial charge in [0.1, 0.15) is 0 Å². The van der Waals surface area contributed by atoms with Gasteiger partial charge in [0.25, 0.3) is 5.69 Å². The molecule has 0 spiro atoms. The highest BCUT2D eigenvalue weighted by Gasteiger charge is 2.20. The topological polar surface area (TPSA) is 49.6 Å². The molecule has 0 aromatic heterocycles. The van der Waals surface area contributed by atoms with E-state index in [0.29, 0.717) is 6.54 Å². The monoisotopic (exact) mass is 345 g/mol. The summed E-state index contributed by atoms with van der Waals surface area (Å²) in [4.78, 5) is 15.5. The Morgan fingerprint density at radius 1 is 0.875 bits per heavy atom. The summed E-state index contributed by atoms with van der Waals surface area (Å²) in [7, 11) is 0. The second-order valence-electron chi connectivity index (χ2n) is 6.03. The molecule has 2 aromatic carbocycles. The van der Waals surface area contributed by atoms with Crippen molar-refractivity contribution in [1.82, 2.24) is 9.80 Å². The summed E-state index contributed by atoms with van der Waals surface area (Å²) in [5, 5.41) is 11.9. The summed E-state index contributed by atoms with van der Waals surface area (Å²) in [5.74, 6) is 0. The molecule has 0 N–H and O–H groups in total. The smallest absolute Gasteiger partial charge is 0.273 e. The van der Waals surface area contributed by atoms with Crippen LogP contribution < -0.4 is 0 Å². The number of nitrogens with zero attached hydrogens (tertiary/aromatic N) is 3. The molecule has 1 saturated heterocycles. The lowest BCUT2D eigenvalue weighted by Gasteiger charge is -2.34. The lowest BCUT2D eigenvalue weighted by molar-refractivity contribution is -0.385. The average Bonchev–Trinajstić information content (AvgIpc) is 2.59. The molecule has 0 atom stereocenters. The molecule has 3 rings (SSSR count). The fraction of sp³-hybridized carbons (Fsp3) is 0.333. The maximum atomic E-state index is 11.1. The fourth-order valence-electron chi connectivity index (χ4n) is 3.04. The quantitative estimate of drug-likeness (QED) is 0.614. The van der Waals surface area contributed by atoms with Crippen LogP contribution in [0.2, 0.25) is 5.02 Å². The number of hydrogen-bond donors (Lipinski definition) is 0. The number of para-hydroxylation sites is 1. The van der Waals surface area contributed by atoms with Crippen molar-refractivity contribution < 1.29 is 4.92 Å². The zero-order chi connectivity index (χ0) is 16.9. The number of rotatable bonds is 5. The molecule has 24 heavy (non-hydrogen) atoms. The van der Waals surface area contributed by atoms with Crippen LogP contribution in [0.4, 0.5) is 5.69 Å². The van der Waals surface area contributed by atoms with Gasteiger partial charge >= 0.3 is 0 Å². The summed E-state index contributed by atoms with van der Waals surface area (Å²) in [5.41, 5.74) is 2.13. The molecular weight excluding hydrogens is 326 g/mol. The SMILES string of the molecule is O=[N+]([O-])c1ccccc1CN1CCN(Cc2ccccc2Cl)CC1. The summed E-state index contributed by atoms with van der Waals surface area (Å²) in [6, 6.07) is 14.9. The first kappa shape index (κ1) is 16.9. The van der Waals surface area contributed by atoms with Crippen LogP contribution in [0.5, 0.6) is 0 Å². The predicted molar refractivity (Wildman–Crippen MR) is 95.1 cm³/mol. The minimum atomic E-state index is -0.303. The van der Waals surface area contributed by atoms with Gasteiger partial charge in [0.05, 0.1) is 4.92 Å². The summed E-state index contributed by atoms with van der Waals surface area (Å²) >= 11 is 6.23. The Balaban J connectivity index is 1.56. The van der Waals surface area contributed by atoms with Crippen molar-refractivity contribution in [3.63, 3.8) is 0 Å². The van der Waals surface area contributed by atoms with Crippen LogP contribution in [0.25, 0.3) is 0 Å². The Morgan fingerprint density at radius 2 is 1.38 bits per heavy atom. The van der Waals surface area contributed by atoms with Crippen molar-refractivity contribution in [2.45, 2.75) is 13.1 Å². The molecule has 126 valence electrons. The molecular formula is C18H20ClN3O2. The van der Waals surface area contributed by atoms with Crippen LogP contribution in [0, 0.1) is 10.1 Å². The van der Waals surface area contributed by atoms with Gasteiger partial charge in [-0.2, -0.15) is 0 Å². The van der Waals surface area contributed by atoms with Crippen molar-refractivity contribution >= 4 is 17.3 Å². The van der Waals surface area contributed by atoms with Gasteiger partial charge < -0.3 is 0 Å². The van der Waals surface area contributed by atoms with E-state index in [1.165, 1.54) is 0 Å². The molecule has 1 aliphatic rings. The van der Waals surface area contributed by atoms with E-state index < -0.39 is 0 Å². The van der Waals surface area contributed by atoms with Gasteiger partial charge in [-0.25, -0.2) is 0 Å². The molecule has 1 fully saturated rings. The number of nitro groups is 1. The molecule has 1 aliphatic heterocycles. The Morgan fingerprint density at radius 3 is 1.96 bits per heavy atom. The Kier molecular flexibility index (Phi) is 5.45. The van der Waals surface area contributed by atoms with E-state index >= 15 is 0 Å². The molecule has 0 aliphatic carbocycles. The lowest BCUT2D eigenvalue weighted by atomic mass is 10.1. The summed E-state index contributed by atoms with van der Waals surface area (Å²) < 4.78 is 0. The Bertz CT molecular complexity index is 715. The second-order valence-corrected chi connectivity index (χ2v) is 6.44. The van der Waals surface area contributed by atoms with Gasteiger partial charge in [0.2, 0.25) is 0 Å². The second kappa shape index (κ2) is 7.75. The standard InChI is InChI=1S/C18H20ClN3O2/c19-17-7-3-1-5-15(17)13-20-9-11-21(12-10-20)14-16-6-2-4-8-18(16)22(23)24/h1-8H,9-14H2. The van der Waals surface area contributed by atoms with Crippen LogP contribution in [0.1, 0.15) is 11.1 Å². The highest BCUT2D eigenvalue weighted by Crippen LogP contribution is 2.21. The first-order valence-corrected chi connectivity index (χ1v) is 8.41. The van der Waals surface area contributed by atoms with E-state index in [1.807, 2.05) is 30.3 Å². The van der Waals surface area contributed by atoms with Crippen molar-refractivity contribution in [3.05, 3.63) is 74.8 Å². The van der Waals surface area contributed by atoms with Crippen molar-refractivity contribution in [2.24, 2.45) is 0 Å². The van der Waals surface area contributed by atoms with Gasteiger partial charge in [-0.05, 0) is 11.6 Å². The zero-order valence-corrected chi connectivity index (χ0v) is 14.2. The van der Waals surface area contributed by atoms with Crippen molar-refractivity contribution in [1.29, 1.82) is 0 Å². The van der Waals surface area contributed by atoms with E-state index in [2.05, 4.69) is 15.9 Å². The number of benzene rings is 2. The van der Waals surface area contributed by atoms with Gasteiger partial charge in [-0.15, -0.1) is 0 Å². The van der Waals surface area contributed by atoms with E-state index in [9.17, 15) is 10.1 Å². The van der Waals surface area contributed by atoms with E-state index in [1.54, 1.807) is 12.1 Å². The minimum absolute atomic E-state index is 0.205. The van der Waals surface area contributed by atoms with E-state index in [4.69, 9.17) is 11.6 Å². The minimum Gasteiger partial charge on any atom is -0.296 e. The molecule has 0 saturated carbocycles. The first-order valence-electron chi connectivity index (χ1n) is 8.04. The molecule has 1 heterocycles. The van der Waals surface area contributed by atoms with E-state index in [-0.39, 0.29) is 10.6 Å². The summed E-state index contributed by atoms with van der Waals surface area (Å²) in [6.07, 6.45) is 0. The third-order valence-electron chi connectivity index (χ3n) is 4.40. The maximum absolute atomic E-state index is 11.1.